The summed E-state index contributed by atoms with van der Waals surface area (Å²) in [5.41, 5.74) is 2.21. The Kier molecular flexibility index (Phi) is 4.52. The number of carbonyl (C=O) groups excluding carboxylic acids is 1. The summed E-state index contributed by atoms with van der Waals surface area (Å²) in [6, 6.07) is 9.53. The Labute approximate surface area is 109 Å². The van der Waals surface area contributed by atoms with E-state index < -0.39 is 0 Å². The van der Waals surface area contributed by atoms with E-state index in [1.165, 1.54) is 18.4 Å². The number of hydrogen-bond acceptors (Lipinski definition) is 1. The first kappa shape index (κ1) is 12.8. The maximum atomic E-state index is 12.2. The molecule has 0 N–H and O–H groups in total. The fraction of sp³-hybridized carbons (Fsp3) is 0.353. The third-order valence-electron chi connectivity index (χ3n) is 3.59. The van der Waals surface area contributed by atoms with Crippen molar-refractivity contribution in [1.29, 1.82) is 0 Å². The van der Waals surface area contributed by atoms with Crippen molar-refractivity contribution in [3.63, 3.8) is 0 Å². The van der Waals surface area contributed by atoms with Crippen LogP contribution in [0.4, 0.5) is 0 Å². The van der Waals surface area contributed by atoms with Crippen LogP contribution in [0.2, 0.25) is 0 Å². The summed E-state index contributed by atoms with van der Waals surface area (Å²) in [6.45, 7) is 3.89. The second kappa shape index (κ2) is 6.34. The van der Waals surface area contributed by atoms with Gasteiger partial charge in [-0.05, 0) is 25.7 Å². The molecule has 0 heterocycles. The van der Waals surface area contributed by atoms with E-state index in [1.807, 2.05) is 36.4 Å². The Balaban J connectivity index is 2.04. The van der Waals surface area contributed by atoms with Gasteiger partial charge in [-0.15, -0.1) is 6.58 Å². The van der Waals surface area contributed by atoms with Gasteiger partial charge in [0, 0.05) is 17.9 Å². The van der Waals surface area contributed by atoms with Crippen LogP contribution >= 0.6 is 0 Å². The highest BCUT2D eigenvalue weighted by atomic mass is 16.1. The van der Waals surface area contributed by atoms with E-state index in [0.29, 0.717) is 6.42 Å². The molecule has 1 aromatic carbocycles. The zero-order valence-corrected chi connectivity index (χ0v) is 10.8. The average molecular weight is 240 g/mol. The average Bonchev–Trinajstić information content (AvgIpc) is 2.46. The summed E-state index contributed by atoms with van der Waals surface area (Å²) in [4.78, 5) is 12.2. The smallest absolute Gasteiger partial charge is 0.163 e. The molecule has 18 heavy (non-hydrogen) atoms. The molecular formula is C17H20O. The maximum absolute atomic E-state index is 12.2. The van der Waals surface area contributed by atoms with Gasteiger partial charge in [0.05, 0.1) is 0 Å². The van der Waals surface area contributed by atoms with E-state index in [9.17, 15) is 4.79 Å². The fourth-order valence-electron chi connectivity index (χ4n) is 2.51. The van der Waals surface area contributed by atoms with Crippen LogP contribution < -0.4 is 0 Å². The molecule has 0 saturated carbocycles. The van der Waals surface area contributed by atoms with Crippen LogP contribution in [-0.4, -0.2) is 5.78 Å². The Hall–Kier alpha value is -1.63. The largest absolute Gasteiger partial charge is 0.294 e. The van der Waals surface area contributed by atoms with Gasteiger partial charge in [0.25, 0.3) is 0 Å². The molecular weight excluding hydrogens is 220 g/mol. The SMILES string of the molecule is C=CC(CC(=O)c1ccccc1)C1=CCCCC1. The number of carbonyl (C=O) groups is 1. The summed E-state index contributed by atoms with van der Waals surface area (Å²) >= 11 is 0. The molecule has 0 saturated heterocycles. The number of Topliss-reactive ketones (excluding diaryl/α,β-unsaturated/α-hetero) is 1. The topological polar surface area (TPSA) is 17.1 Å². The van der Waals surface area contributed by atoms with Crippen LogP contribution in [0.3, 0.4) is 0 Å². The lowest BCUT2D eigenvalue weighted by atomic mass is 9.85. The summed E-state index contributed by atoms with van der Waals surface area (Å²) in [5.74, 6) is 0.435. The van der Waals surface area contributed by atoms with Crippen molar-refractivity contribution in [2.45, 2.75) is 32.1 Å². The zero-order chi connectivity index (χ0) is 12.8. The molecule has 0 aromatic heterocycles. The second-order valence-electron chi connectivity index (χ2n) is 4.86. The molecule has 0 spiro atoms. The molecule has 2 rings (SSSR count). The van der Waals surface area contributed by atoms with Crippen molar-refractivity contribution in [2.24, 2.45) is 5.92 Å². The lowest BCUT2D eigenvalue weighted by Gasteiger charge is -2.19. The van der Waals surface area contributed by atoms with Crippen molar-refractivity contribution >= 4 is 5.78 Å². The first-order chi connectivity index (χ1) is 8.81. The van der Waals surface area contributed by atoms with Gasteiger partial charge in [0.15, 0.2) is 5.78 Å². The van der Waals surface area contributed by atoms with Gasteiger partial charge in [-0.3, -0.25) is 4.79 Å². The molecule has 1 unspecified atom stereocenters. The molecule has 0 fully saturated rings. The quantitative estimate of drug-likeness (QED) is 0.544. The Bertz CT molecular complexity index is 442. The van der Waals surface area contributed by atoms with E-state index in [1.54, 1.807) is 0 Å². The van der Waals surface area contributed by atoms with E-state index in [0.717, 1.165) is 18.4 Å². The van der Waals surface area contributed by atoms with Crippen LogP contribution in [0.1, 0.15) is 42.5 Å². The minimum Gasteiger partial charge on any atom is -0.294 e. The third-order valence-corrected chi connectivity index (χ3v) is 3.59. The first-order valence-electron chi connectivity index (χ1n) is 6.71. The summed E-state index contributed by atoms with van der Waals surface area (Å²) in [7, 11) is 0. The van der Waals surface area contributed by atoms with Crippen LogP contribution in [-0.2, 0) is 0 Å². The van der Waals surface area contributed by atoms with Crippen molar-refractivity contribution in [3.05, 3.63) is 60.2 Å². The Morgan fingerprint density at radius 2 is 2.06 bits per heavy atom. The van der Waals surface area contributed by atoms with E-state index >= 15 is 0 Å². The number of hydrogen-bond donors (Lipinski definition) is 0. The predicted octanol–water partition coefficient (Wildman–Crippen LogP) is 4.56. The van der Waals surface area contributed by atoms with Gasteiger partial charge in [-0.2, -0.15) is 0 Å². The predicted molar refractivity (Wildman–Crippen MR) is 75.6 cm³/mol. The van der Waals surface area contributed by atoms with Crippen molar-refractivity contribution in [3.8, 4) is 0 Å². The highest BCUT2D eigenvalue weighted by Gasteiger charge is 2.17. The normalized spacial score (nSPS) is 16.8. The number of ketones is 1. The molecule has 1 aliphatic carbocycles. The monoisotopic (exact) mass is 240 g/mol. The van der Waals surface area contributed by atoms with Gasteiger partial charge < -0.3 is 0 Å². The summed E-state index contributed by atoms with van der Waals surface area (Å²) in [6.07, 6.45) is 9.58. The van der Waals surface area contributed by atoms with E-state index in [-0.39, 0.29) is 11.7 Å². The lowest BCUT2D eigenvalue weighted by molar-refractivity contribution is 0.0973. The molecule has 1 nitrogen and oxygen atoms in total. The molecule has 1 aliphatic rings. The van der Waals surface area contributed by atoms with Gasteiger partial charge in [-0.1, -0.05) is 48.1 Å². The molecule has 1 atom stereocenters. The van der Waals surface area contributed by atoms with Crippen molar-refractivity contribution in [2.75, 3.05) is 0 Å². The number of allylic oxidation sites excluding steroid dienone is 3. The molecule has 0 bridgehead atoms. The molecule has 0 amide bonds. The summed E-state index contributed by atoms with van der Waals surface area (Å²) in [5, 5.41) is 0. The van der Waals surface area contributed by atoms with E-state index in [4.69, 9.17) is 0 Å². The summed E-state index contributed by atoms with van der Waals surface area (Å²) < 4.78 is 0. The van der Waals surface area contributed by atoms with Gasteiger partial charge in [0.1, 0.15) is 0 Å². The second-order valence-corrected chi connectivity index (χ2v) is 4.86. The van der Waals surface area contributed by atoms with Crippen molar-refractivity contribution < 1.29 is 4.79 Å². The highest BCUT2D eigenvalue weighted by Crippen LogP contribution is 2.28. The number of benzene rings is 1. The van der Waals surface area contributed by atoms with Crippen LogP contribution in [0.25, 0.3) is 0 Å². The lowest BCUT2D eigenvalue weighted by Crippen LogP contribution is -2.11. The minimum absolute atomic E-state index is 0.215. The standard InChI is InChI=1S/C17H20O/c1-2-14(15-9-5-3-6-10-15)13-17(18)16-11-7-4-8-12-16/h2,4,7-9,11-12,14H,1,3,5-6,10,13H2. The van der Waals surface area contributed by atoms with Gasteiger partial charge in [0.2, 0.25) is 0 Å². The minimum atomic E-state index is 0.215. The molecule has 0 aliphatic heterocycles. The highest BCUT2D eigenvalue weighted by molar-refractivity contribution is 5.96. The zero-order valence-electron chi connectivity index (χ0n) is 10.8. The van der Waals surface area contributed by atoms with Crippen LogP contribution in [0, 0.1) is 5.92 Å². The molecule has 94 valence electrons. The van der Waals surface area contributed by atoms with Crippen LogP contribution in [0.15, 0.2) is 54.6 Å². The van der Waals surface area contributed by atoms with Gasteiger partial charge >= 0.3 is 0 Å². The maximum Gasteiger partial charge on any atom is 0.163 e. The van der Waals surface area contributed by atoms with Crippen LogP contribution in [0.5, 0.6) is 0 Å². The molecule has 1 heteroatoms. The Morgan fingerprint density at radius 3 is 2.67 bits per heavy atom. The number of rotatable bonds is 5. The van der Waals surface area contributed by atoms with Crippen molar-refractivity contribution in [1.82, 2.24) is 0 Å². The first-order valence-corrected chi connectivity index (χ1v) is 6.71. The third kappa shape index (κ3) is 3.19. The fourth-order valence-corrected chi connectivity index (χ4v) is 2.51. The molecule has 1 aromatic rings. The van der Waals surface area contributed by atoms with E-state index in [2.05, 4.69) is 12.7 Å². The molecule has 0 radical (unpaired) electrons. The van der Waals surface area contributed by atoms with Gasteiger partial charge in [-0.25, -0.2) is 0 Å². The Morgan fingerprint density at radius 1 is 1.28 bits per heavy atom.